The largest absolute Gasteiger partial charge is 0.508 e. The van der Waals surface area contributed by atoms with E-state index in [1.54, 1.807) is 16.9 Å². The molecule has 0 radical (unpaired) electrons. The zero-order valence-corrected chi connectivity index (χ0v) is 15.5. The summed E-state index contributed by atoms with van der Waals surface area (Å²) in [6, 6.07) is 11.4. The number of nitrogens with zero attached hydrogens (tertiary/aromatic N) is 3. The molecule has 0 saturated heterocycles. The first-order chi connectivity index (χ1) is 12.5. The molecule has 1 aromatic heterocycles. The molecule has 0 amide bonds. The number of aromatic nitrogens is 3. The van der Waals surface area contributed by atoms with Gasteiger partial charge in [-0.3, -0.25) is 0 Å². The molecule has 136 valence electrons. The van der Waals surface area contributed by atoms with Crippen LogP contribution >= 0.6 is 0 Å². The lowest BCUT2D eigenvalue weighted by atomic mass is 9.98. The molecule has 0 aliphatic heterocycles. The molecule has 3 aromatic rings. The standard InChI is InChI=1S/C21H25N3O2/c1-4-5-6-15-7-9-16(10-8-15)24-13-19(22-23-24)18-11-17(14(2)3)20(25)12-21(18)26/h7-14,25-26H,4-6H2,1-3H3. The summed E-state index contributed by atoms with van der Waals surface area (Å²) in [6.45, 7) is 6.18. The number of phenolic OH excluding ortho intramolecular Hbond substituents is 2. The molecule has 0 saturated carbocycles. The van der Waals surface area contributed by atoms with Crippen molar-refractivity contribution < 1.29 is 10.2 Å². The summed E-state index contributed by atoms with van der Waals surface area (Å²) in [4.78, 5) is 0. The smallest absolute Gasteiger partial charge is 0.128 e. The highest BCUT2D eigenvalue weighted by molar-refractivity contribution is 5.69. The van der Waals surface area contributed by atoms with Gasteiger partial charge in [0.25, 0.3) is 0 Å². The molecule has 2 aromatic carbocycles. The van der Waals surface area contributed by atoms with Crippen molar-refractivity contribution in [2.45, 2.75) is 46.0 Å². The number of hydrogen-bond acceptors (Lipinski definition) is 4. The summed E-state index contributed by atoms with van der Waals surface area (Å²) < 4.78 is 1.69. The number of benzene rings is 2. The van der Waals surface area contributed by atoms with Gasteiger partial charge in [0.05, 0.1) is 11.9 Å². The van der Waals surface area contributed by atoms with Crippen LogP contribution in [0.1, 0.15) is 50.7 Å². The van der Waals surface area contributed by atoms with Crippen molar-refractivity contribution >= 4 is 0 Å². The Morgan fingerprint density at radius 2 is 1.77 bits per heavy atom. The van der Waals surface area contributed by atoms with E-state index in [1.807, 2.05) is 26.0 Å². The number of phenols is 2. The van der Waals surface area contributed by atoms with Crippen molar-refractivity contribution in [1.29, 1.82) is 0 Å². The van der Waals surface area contributed by atoms with E-state index in [2.05, 4.69) is 29.4 Å². The van der Waals surface area contributed by atoms with Gasteiger partial charge in [0, 0.05) is 11.6 Å². The van der Waals surface area contributed by atoms with Crippen molar-refractivity contribution in [2.24, 2.45) is 0 Å². The van der Waals surface area contributed by atoms with Gasteiger partial charge in [-0.25, -0.2) is 4.68 Å². The Morgan fingerprint density at radius 3 is 2.42 bits per heavy atom. The Morgan fingerprint density at radius 1 is 1.04 bits per heavy atom. The highest BCUT2D eigenvalue weighted by Gasteiger charge is 2.15. The lowest BCUT2D eigenvalue weighted by molar-refractivity contribution is 0.445. The van der Waals surface area contributed by atoms with Crippen LogP contribution in [-0.4, -0.2) is 25.2 Å². The average molecular weight is 351 g/mol. The Hall–Kier alpha value is -2.82. The fourth-order valence-electron chi connectivity index (χ4n) is 2.97. The van der Waals surface area contributed by atoms with Gasteiger partial charge in [0.2, 0.25) is 0 Å². The van der Waals surface area contributed by atoms with Crippen molar-refractivity contribution in [1.82, 2.24) is 15.0 Å². The fraction of sp³-hybridized carbons (Fsp3) is 0.333. The quantitative estimate of drug-likeness (QED) is 0.668. The third kappa shape index (κ3) is 3.72. The molecule has 3 rings (SSSR count). The molecular weight excluding hydrogens is 326 g/mol. The Labute approximate surface area is 153 Å². The lowest BCUT2D eigenvalue weighted by Gasteiger charge is -2.11. The predicted molar refractivity (Wildman–Crippen MR) is 103 cm³/mol. The summed E-state index contributed by atoms with van der Waals surface area (Å²) in [5, 5.41) is 28.6. The minimum atomic E-state index is -0.00568. The minimum Gasteiger partial charge on any atom is -0.508 e. The number of aromatic hydroxyl groups is 2. The van der Waals surface area contributed by atoms with Gasteiger partial charge in [-0.2, -0.15) is 0 Å². The molecule has 0 bridgehead atoms. The second-order valence-electron chi connectivity index (χ2n) is 6.90. The lowest BCUT2D eigenvalue weighted by Crippen LogP contribution is -1.95. The summed E-state index contributed by atoms with van der Waals surface area (Å²) in [6.07, 6.45) is 5.24. The molecular formula is C21H25N3O2. The van der Waals surface area contributed by atoms with Crippen LogP contribution in [0, 0.1) is 0 Å². The monoisotopic (exact) mass is 351 g/mol. The SMILES string of the molecule is CCCCc1ccc(-n2cc(-c3cc(C(C)C)c(O)cc3O)nn2)cc1. The van der Waals surface area contributed by atoms with Crippen LogP contribution in [0.25, 0.3) is 16.9 Å². The molecule has 0 unspecified atom stereocenters. The van der Waals surface area contributed by atoms with E-state index in [0.717, 1.165) is 17.7 Å². The molecule has 2 N–H and O–H groups in total. The zero-order chi connectivity index (χ0) is 18.7. The highest BCUT2D eigenvalue weighted by Crippen LogP contribution is 2.37. The first-order valence-corrected chi connectivity index (χ1v) is 9.07. The van der Waals surface area contributed by atoms with Crippen LogP contribution in [0.5, 0.6) is 11.5 Å². The van der Waals surface area contributed by atoms with Crippen LogP contribution in [0.3, 0.4) is 0 Å². The summed E-state index contributed by atoms with van der Waals surface area (Å²) in [5.41, 5.74) is 4.14. The first-order valence-electron chi connectivity index (χ1n) is 9.07. The molecule has 0 fully saturated rings. The predicted octanol–water partition coefficient (Wildman–Crippen LogP) is 4.81. The molecule has 5 heteroatoms. The van der Waals surface area contributed by atoms with Gasteiger partial charge >= 0.3 is 0 Å². The molecule has 0 atom stereocenters. The normalized spacial score (nSPS) is 11.2. The van der Waals surface area contributed by atoms with E-state index in [4.69, 9.17) is 0 Å². The molecule has 5 nitrogen and oxygen atoms in total. The van der Waals surface area contributed by atoms with Gasteiger partial charge in [-0.15, -0.1) is 5.10 Å². The number of aryl methyl sites for hydroxylation is 1. The van der Waals surface area contributed by atoms with Crippen molar-refractivity contribution in [3.63, 3.8) is 0 Å². The Balaban J connectivity index is 1.89. The van der Waals surface area contributed by atoms with Crippen LogP contribution in [-0.2, 0) is 6.42 Å². The van der Waals surface area contributed by atoms with Gasteiger partial charge in [-0.1, -0.05) is 44.5 Å². The van der Waals surface area contributed by atoms with E-state index in [1.165, 1.54) is 24.5 Å². The van der Waals surface area contributed by atoms with Crippen molar-refractivity contribution in [3.05, 3.63) is 53.7 Å². The maximum Gasteiger partial charge on any atom is 0.128 e. The third-order valence-electron chi connectivity index (χ3n) is 4.56. The van der Waals surface area contributed by atoms with E-state index in [0.29, 0.717) is 11.3 Å². The number of rotatable bonds is 6. The second kappa shape index (κ2) is 7.60. The molecule has 0 spiro atoms. The van der Waals surface area contributed by atoms with Crippen molar-refractivity contribution in [2.75, 3.05) is 0 Å². The van der Waals surface area contributed by atoms with Crippen LogP contribution < -0.4 is 0 Å². The fourth-order valence-corrected chi connectivity index (χ4v) is 2.97. The maximum absolute atomic E-state index is 10.2. The summed E-state index contributed by atoms with van der Waals surface area (Å²) in [7, 11) is 0. The van der Waals surface area contributed by atoms with E-state index in [9.17, 15) is 10.2 Å². The van der Waals surface area contributed by atoms with Gasteiger partial charge in [-0.05, 0) is 48.1 Å². The van der Waals surface area contributed by atoms with E-state index >= 15 is 0 Å². The van der Waals surface area contributed by atoms with E-state index < -0.39 is 0 Å². The molecule has 1 heterocycles. The second-order valence-corrected chi connectivity index (χ2v) is 6.90. The zero-order valence-electron chi connectivity index (χ0n) is 15.5. The van der Waals surface area contributed by atoms with E-state index in [-0.39, 0.29) is 17.4 Å². The van der Waals surface area contributed by atoms with Crippen LogP contribution in [0.4, 0.5) is 0 Å². The Kier molecular flexibility index (Phi) is 5.26. The topological polar surface area (TPSA) is 71.2 Å². The molecule has 0 aliphatic carbocycles. The third-order valence-corrected chi connectivity index (χ3v) is 4.56. The molecule has 0 aliphatic rings. The molecule has 26 heavy (non-hydrogen) atoms. The average Bonchev–Trinajstić information content (AvgIpc) is 3.10. The number of unbranched alkanes of at least 4 members (excludes halogenated alkanes) is 1. The van der Waals surface area contributed by atoms with Gasteiger partial charge in [0.15, 0.2) is 0 Å². The first kappa shape index (κ1) is 18.0. The highest BCUT2D eigenvalue weighted by atomic mass is 16.3. The van der Waals surface area contributed by atoms with Crippen molar-refractivity contribution in [3.8, 4) is 28.4 Å². The van der Waals surface area contributed by atoms with Crippen LogP contribution in [0.15, 0.2) is 42.6 Å². The number of hydrogen-bond donors (Lipinski definition) is 2. The van der Waals surface area contributed by atoms with Gasteiger partial charge in [0.1, 0.15) is 17.2 Å². The maximum atomic E-state index is 10.2. The summed E-state index contributed by atoms with van der Waals surface area (Å²) in [5.74, 6) is 0.227. The Bertz CT molecular complexity index is 883. The summed E-state index contributed by atoms with van der Waals surface area (Å²) >= 11 is 0. The van der Waals surface area contributed by atoms with Gasteiger partial charge < -0.3 is 10.2 Å². The minimum absolute atomic E-state index is 0.00568. The van der Waals surface area contributed by atoms with Crippen LogP contribution in [0.2, 0.25) is 0 Å².